The maximum absolute atomic E-state index is 13.3. The van der Waals surface area contributed by atoms with Crippen molar-refractivity contribution in [3.05, 3.63) is 15.3 Å². The van der Waals surface area contributed by atoms with E-state index in [1.807, 2.05) is 5.32 Å². The van der Waals surface area contributed by atoms with Crippen LogP contribution in [0, 0.1) is 11.8 Å². The zero-order valence-corrected chi connectivity index (χ0v) is 18.3. The van der Waals surface area contributed by atoms with Crippen LogP contribution in [0.5, 0.6) is 0 Å². The quantitative estimate of drug-likeness (QED) is 0.606. The number of alkyl halides is 4. The van der Waals surface area contributed by atoms with E-state index in [1.165, 1.54) is 11.3 Å². The van der Waals surface area contributed by atoms with Gasteiger partial charge in [0.25, 0.3) is 0 Å². The standard InChI is InChI=1S/C20H23F4NO4S2/c21-12-5-10(6-12)9-31(28,29)18-14-7-13(25-19(27)20(22,23)24)3-4-16(14)30-17(18)8-15(26)11-1-2-11/h10-13H,1-9H2,(H,25,27)/t10?,12?,13-/m0/s1. The highest BCUT2D eigenvalue weighted by molar-refractivity contribution is 7.91. The Morgan fingerprint density at radius 1 is 1.13 bits per heavy atom. The van der Waals surface area contributed by atoms with Crippen LogP contribution in [0.15, 0.2) is 4.90 Å². The fourth-order valence-electron chi connectivity index (χ4n) is 4.37. The Kier molecular flexibility index (Phi) is 5.95. The Bertz CT molecular complexity index is 992. The molecule has 1 aromatic rings. The Labute approximate surface area is 181 Å². The van der Waals surface area contributed by atoms with Gasteiger partial charge in [-0.05, 0) is 56.4 Å². The van der Waals surface area contributed by atoms with Gasteiger partial charge in [0, 0.05) is 28.1 Å². The zero-order valence-electron chi connectivity index (χ0n) is 16.6. The van der Waals surface area contributed by atoms with Gasteiger partial charge in [-0.1, -0.05) is 0 Å². The second-order valence-corrected chi connectivity index (χ2v) is 12.0. The summed E-state index contributed by atoms with van der Waals surface area (Å²) < 4.78 is 77.7. The van der Waals surface area contributed by atoms with E-state index in [1.54, 1.807) is 0 Å². The van der Waals surface area contributed by atoms with Crippen molar-refractivity contribution in [2.24, 2.45) is 11.8 Å². The summed E-state index contributed by atoms with van der Waals surface area (Å²) in [7, 11) is -3.85. The number of Topliss-reactive ketones (excluding diaryl/α,β-unsaturated/α-hetero) is 1. The van der Waals surface area contributed by atoms with Gasteiger partial charge in [-0.25, -0.2) is 12.8 Å². The Balaban J connectivity index is 1.62. The number of amides is 1. The molecular weight excluding hydrogens is 458 g/mol. The first-order valence-corrected chi connectivity index (χ1v) is 12.8. The van der Waals surface area contributed by atoms with E-state index in [0.29, 0.717) is 16.9 Å². The Morgan fingerprint density at radius 3 is 2.39 bits per heavy atom. The van der Waals surface area contributed by atoms with Crippen LogP contribution in [0.1, 0.15) is 47.4 Å². The van der Waals surface area contributed by atoms with Gasteiger partial charge in [0.15, 0.2) is 9.84 Å². The van der Waals surface area contributed by atoms with Crippen molar-refractivity contribution < 1.29 is 35.6 Å². The number of hydrogen-bond acceptors (Lipinski definition) is 5. The van der Waals surface area contributed by atoms with E-state index in [4.69, 9.17) is 0 Å². The van der Waals surface area contributed by atoms with E-state index in [9.17, 15) is 35.6 Å². The average molecular weight is 482 g/mol. The summed E-state index contributed by atoms with van der Waals surface area (Å²) in [5, 5.41) is 1.95. The van der Waals surface area contributed by atoms with Gasteiger partial charge >= 0.3 is 12.1 Å². The summed E-state index contributed by atoms with van der Waals surface area (Å²) >= 11 is 1.23. The van der Waals surface area contributed by atoms with Crippen molar-refractivity contribution in [3.63, 3.8) is 0 Å². The molecule has 1 amide bonds. The number of ketones is 1. The second-order valence-electron chi connectivity index (χ2n) is 8.80. The Morgan fingerprint density at radius 2 is 1.81 bits per heavy atom. The molecule has 1 atom stereocenters. The first-order chi connectivity index (χ1) is 14.4. The van der Waals surface area contributed by atoms with Crippen molar-refractivity contribution in [1.82, 2.24) is 5.32 Å². The molecule has 11 heteroatoms. The van der Waals surface area contributed by atoms with E-state index in [0.717, 1.165) is 17.7 Å². The van der Waals surface area contributed by atoms with Crippen LogP contribution in [0.3, 0.4) is 0 Å². The molecule has 0 aromatic carbocycles. The average Bonchev–Trinajstić information content (AvgIpc) is 3.41. The highest BCUT2D eigenvalue weighted by Gasteiger charge is 2.42. The maximum Gasteiger partial charge on any atom is 0.471 e. The van der Waals surface area contributed by atoms with E-state index < -0.39 is 34.1 Å². The van der Waals surface area contributed by atoms with Gasteiger partial charge in [0.05, 0.1) is 10.6 Å². The van der Waals surface area contributed by atoms with Crippen LogP contribution in [-0.2, 0) is 38.7 Å². The lowest BCUT2D eigenvalue weighted by atomic mass is 9.85. The zero-order chi connectivity index (χ0) is 22.6. The topological polar surface area (TPSA) is 80.3 Å². The lowest BCUT2D eigenvalue weighted by molar-refractivity contribution is -0.174. The third kappa shape index (κ3) is 4.97. The van der Waals surface area contributed by atoms with Crippen molar-refractivity contribution >= 4 is 32.9 Å². The molecular formula is C20H23F4NO4S2. The predicted octanol–water partition coefficient (Wildman–Crippen LogP) is 3.33. The minimum atomic E-state index is -5.02. The number of fused-ring (bicyclic) bond motifs is 1. The molecule has 3 aliphatic rings. The van der Waals surface area contributed by atoms with Crippen LogP contribution in [0.4, 0.5) is 17.6 Å². The van der Waals surface area contributed by atoms with Crippen LogP contribution in [0.2, 0.25) is 0 Å². The number of aryl methyl sites for hydroxylation is 1. The molecule has 172 valence electrons. The number of thiophene rings is 1. The van der Waals surface area contributed by atoms with Crippen molar-refractivity contribution in [1.29, 1.82) is 0 Å². The third-order valence-corrected chi connectivity index (χ3v) is 9.63. The van der Waals surface area contributed by atoms with Crippen molar-refractivity contribution in [2.45, 2.75) is 74.7 Å². The highest BCUT2D eigenvalue weighted by Crippen LogP contribution is 2.42. The minimum absolute atomic E-state index is 0.00707. The lowest BCUT2D eigenvalue weighted by Gasteiger charge is -2.30. The van der Waals surface area contributed by atoms with E-state index in [2.05, 4.69) is 0 Å². The summed E-state index contributed by atoms with van der Waals surface area (Å²) in [4.78, 5) is 25.0. The van der Waals surface area contributed by atoms with Gasteiger partial charge in [-0.15, -0.1) is 11.3 Å². The van der Waals surface area contributed by atoms with Gasteiger partial charge in [-0.2, -0.15) is 13.2 Å². The molecule has 1 heterocycles. The first-order valence-electron chi connectivity index (χ1n) is 10.3. The summed E-state index contributed by atoms with van der Waals surface area (Å²) in [6.07, 6.45) is -3.54. The normalized spacial score (nSPS) is 26.1. The number of sulfone groups is 1. The van der Waals surface area contributed by atoms with Gasteiger partial charge < -0.3 is 5.32 Å². The number of rotatable bonds is 7. The fourth-order valence-corrected chi connectivity index (χ4v) is 8.26. The summed E-state index contributed by atoms with van der Waals surface area (Å²) in [5.41, 5.74) is 0.415. The number of carbonyl (C=O) groups is 2. The van der Waals surface area contributed by atoms with Crippen LogP contribution in [-0.4, -0.2) is 44.3 Å². The molecule has 5 nitrogen and oxygen atoms in total. The van der Waals surface area contributed by atoms with Crippen molar-refractivity contribution in [2.75, 3.05) is 5.75 Å². The fraction of sp³-hybridized carbons (Fsp3) is 0.700. The van der Waals surface area contributed by atoms with Crippen LogP contribution < -0.4 is 5.32 Å². The molecule has 31 heavy (non-hydrogen) atoms. The molecule has 4 rings (SSSR count). The van der Waals surface area contributed by atoms with Crippen LogP contribution in [0.25, 0.3) is 0 Å². The second kappa shape index (κ2) is 8.13. The van der Waals surface area contributed by atoms with Gasteiger partial charge in [0.2, 0.25) is 0 Å². The molecule has 1 aromatic heterocycles. The molecule has 0 radical (unpaired) electrons. The van der Waals surface area contributed by atoms with Crippen molar-refractivity contribution in [3.8, 4) is 0 Å². The SMILES string of the molecule is O=C(Cc1sc2c(c1S(=O)(=O)CC1CC(F)C1)C[C@@H](NC(=O)C(F)(F)F)CC2)C1CC1. The molecule has 1 N–H and O–H groups in total. The molecule has 0 spiro atoms. The third-order valence-electron chi connectivity index (χ3n) is 6.19. The highest BCUT2D eigenvalue weighted by atomic mass is 32.2. The number of hydrogen-bond donors (Lipinski definition) is 1. The summed E-state index contributed by atoms with van der Waals surface area (Å²) in [6, 6.07) is -0.837. The number of carbonyl (C=O) groups excluding carboxylic acids is 2. The molecule has 2 fully saturated rings. The molecule has 0 bridgehead atoms. The van der Waals surface area contributed by atoms with Gasteiger partial charge in [-0.3, -0.25) is 9.59 Å². The smallest absolute Gasteiger partial charge is 0.345 e. The minimum Gasteiger partial charge on any atom is -0.345 e. The Hall–Kier alpha value is -1.49. The summed E-state index contributed by atoms with van der Waals surface area (Å²) in [5.74, 6) is -2.65. The monoisotopic (exact) mass is 481 g/mol. The summed E-state index contributed by atoms with van der Waals surface area (Å²) in [6.45, 7) is 0. The molecule has 3 aliphatic carbocycles. The molecule has 0 unspecified atom stereocenters. The number of halogens is 4. The molecule has 0 aliphatic heterocycles. The largest absolute Gasteiger partial charge is 0.471 e. The number of nitrogens with one attached hydrogen (secondary N) is 1. The van der Waals surface area contributed by atoms with E-state index >= 15 is 0 Å². The van der Waals surface area contributed by atoms with Crippen LogP contribution >= 0.6 is 11.3 Å². The maximum atomic E-state index is 13.3. The molecule has 2 saturated carbocycles. The lowest BCUT2D eigenvalue weighted by Crippen LogP contribution is -2.45. The first kappa shape index (κ1) is 22.7. The van der Waals surface area contributed by atoms with Gasteiger partial charge in [0.1, 0.15) is 12.0 Å². The predicted molar refractivity (Wildman–Crippen MR) is 105 cm³/mol. The molecule has 0 saturated heterocycles. The van der Waals surface area contributed by atoms with E-state index in [-0.39, 0.29) is 60.4 Å².